The van der Waals surface area contributed by atoms with Crippen LogP contribution < -0.4 is 76.3 Å². The highest BCUT2D eigenvalue weighted by molar-refractivity contribution is 5.94. The highest BCUT2D eigenvalue weighted by atomic mass is 19.1. The van der Waals surface area contributed by atoms with Crippen molar-refractivity contribution in [1.82, 2.24) is 60.6 Å². The summed E-state index contributed by atoms with van der Waals surface area (Å²) >= 11 is 0. The minimum Gasteiger partial charge on any atom is -0.493 e. The molecule has 6 aliphatic heterocycles. The Labute approximate surface area is 586 Å². The molecule has 3 saturated carbocycles. The molecule has 6 aromatic rings. The van der Waals surface area contributed by atoms with Crippen molar-refractivity contribution in [3.05, 3.63) is 35.7 Å². The van der Waals surface area contributed by atoms with Crippen molar-refractivity contribution in [2.45, 2.75) is 133 Å². The van der Waals surface area contributed by atoms with Crippen LogP contribution in [0, 0.1) is 41.1 Å². The number of methoxy groups -OCH3 is 6. The Bertz CT molecular complexity index is 3810. The molecule has 0 spiro atoms. The van der Waals surface area contributed by atoms with Gasteiger partial charge in [0.2, 0.25) is 35.6 Å². The van der Waals surface area contributed by atoms with E-state index in [9.17, 15) is 14.4 Å². The van der Waals surface area contributed by atoms with Crippen LogP contribution in [0.25, 0.3) is 32.7 Å². The number of fused-ring (bicyclic) bond motifs is 6. The summed E-state index contributed by atoms with van der Waals surface area (Å²) in [7, 11) is 8.44. The van der Waals surface area contributed by atoms with Gasteiger partial charge in [0.25, 0.3) is 0 Å². The van der Waals surface area contributed by atoms with Crippen LogP contribution in [0.2, 0.25) is 0 Å². The number of nitrogens with zero attached hydrogens (tertiary/aromatic N) is 12. The number of carbonyl (C=O) groups is 3. The molecule has 27 nitrogen and oxygen atoms in total. The fraction of sp³-hybridized carbons (Fsp3) is 0.620. The van der Waals surface area contributed by atoms with Crippen LogP contribution in [-0.4, -0.2) is 220 Å². The van der Waals surface area contributed by atoms with Crippen molar-refractivity contribution in [1.29, 1.82) is 0 Å². The number of carbonyl (C=O) groups excluding carboxylic acids is 3. The van der Waals surface area contributed by atoms with Gasteiger partial charge in [0, 0.05) is 144 Å². The molecule has 15 rings (SSSR count). The van der Waals surface area contributed by atoms with Crippen LogP contribution in [0.5, 0.6) is 34.5 Å². The second-order valence-electron chi connectivity index (χ2n) is 28.3. The predicted molar refractivity (Wildman–Crippen MR) is 378 cm³/mol. The van der Waals surface area contributed by atoms with E-state index >= 15 is 13.2 Å². The summed E-state index contributed by atoms with van der Waals surface area (Å²) in [6, 6.07) is 6.82. The summed E-state index contributed by atoms with van der Waals surface area (Å²) in [5.74, 6) is 3.76. The maximum atomic E-state index is 15.1. The van der Waals surface area contributed by atoms with Gasteiger partial charge >= 0.3 is 0 Å². The Morgan fingerprint density at radius 1 is 0.436 bits per heavy atom. The van der Waals surface area contributed by atoms with Gasteiger partial charge in [-0.3, -0.25) is 14.4 Å². The molecule has 3 aromatic heterocycles. The van der Waals surface area contributed by atoms with E-state index in [1.54, 1.807) is 18.2 Å². The van der Waals surface area contributed by atoms with E-state index in [1.807, 2.05) is 29.4 Å². The summed E-state index contributed by atoms with van der Waals surface area (Å²) in [4.78, 5) is 77.0. The molecule has 6 saturated heterocycles. The van der Waals surface area contributed by atoms with Gasteiger partial charge < -0.3 is 91.0 Å². The van der Waals surface area contributed by atoms with E-state index in [4.69, 9.17) is 45.6 Å². The van der Waals surface area contributed by atoms with Gasteiger partial charge in [-0.05, 0) is 99.8 Å². The standard InChI is InChI=1S/2C24H33FN6O3.C23H31FN6O3/c2*1-33-18-13-16-21(20(25)22(18)34-2)28-24(29-23(16)26)31-9-7-30(8-10-31)19(32)12-15-11-14-5-3-4-6-17(14)27-15;1-32-17-10-15-20(19(24)21(17)33-2)27-23(28-22(15)25)30-8-6-29(7-9-30)18(31)11-16-14-5-3-4-13(14)12-26-16/h2*13-15,17,27H,3-12H2,1-2H3,(H2,26,28,29);10,13-14,16,26H,3-9,11-12H2,1-2H3,(H2,25,27,28)/t14-,15+,17-;14-,15-,17-;13-,14-,16-/m000/s1. The lowest BCUT2D eigenvalue weighted by atomic mass is 9.85. The lowest BCUT2D eigenvalue weighted by Crippen LogP contribution is -2.50. The number of nitrogens with one attached hydrogen (secondary N) is 3. The summed E-state index contributed by atoms with van der Waals surface area (Å²) < 4.78 is 76.3. The van der Waals surface area contributed by atoms with Crippen LogP contribution in [0.1, 0.15) is 103 Å². The number of hydrogen-bond donors (Lipinski definition) is 6. The van der Waals surface area contributed by atoms with Gasteiger partial charge in [0.1, 0.15) is 34.0 Å². The molecule has 0 radical (unpaired) electrons. The molecule has 9 N–H and O–H groups in total. The van der Waals surface area contributed by atoms with Crippen LogP contribution in [0.15, 0.2) is 18.2 Å². The minimum atomic E-state index is -0.634. The first-order chi connectivity index (χ1) is 49.0. The highest BCUT2D eigenvalue weighted by Crippen LogP contribution is 2.43. The summed E-state index contributed by atoms with van der Waals surface area (Å²) in [6.07, 6.45) is 18.0. The topological polar surface area (TPSA) is 318 Å². The number of aromatic nitrogens is 6. The Kier molecular flexibility index (Phi) is 21.7. The first-order valence-electron chi connectivity index (χ1n) is 35.9. The zero-order chi connectivity index (χ0) is 70.8. The Morgan fingerprint density at radius 2 is 0.772 bits per heavy atom. The van der Waals surface area contributed by atoms with Crippen LogP contribution >= 0.6 is 0 Å². The monoisotopic (exact) mass is 1400 g/mol. The fourth-order valence-corrected chi connectivity index (χ4v) is 17.2. The van der Waals surface area contributed by atoms with Crippen molar-refractivity contribution in [3.63, 3.8) is 0 Å². The van der Waals surface area contributed by atoms with E-state index in [0.717, 1.165) is 37.1 Å². The molecular weight excluding hydrogens is 1310 g/mol. The Morgan fingerprint density at radius 3 is 1.11 bits per heavy atom. The second kappa shape index (κ2) is 30.9. The maximum Gasteiger partial charge on any atom is 0.228 e. The van der Waals surface area contributed by atoms with Crippen molar-refractivity contribution in [3.8, 4) is 34.5 Å². The van der Waals surface area contributed by atoms with Crippen molar-refractivity contribution < 1.29 is 56.0 Å². The Hall–Kier alpha value is -8.64. The van der Waals surface area contributed by atoms with Crippen molar-refractivity contribution in [2.24, 2.45) is 23.7 Å². The minimum absolute atomic E-state index is 0.0187. The number of rotatable bonds is 15. The summed E-state index contributed by atoms with van der Waals surface area (Å²) in [5.41, 5.74) is 18.7. The van der Waals surface area contributed by atoms with Crippen LogP contribution in [-0.2, 0) is 14.4 Å². The molecule has 3 aliphatic carbocycles. The van der Waals surface area contributed by atoms with E-state index in [1.165, 1.54) is 113 Å². The number of nitrogens with two attached hydrogens (primary N) is 3. The lowest BCUT2D eigenvalue weighted by molar-refractivity contribution is -0.133. The van der Waals surface area contributed by atoms with Gasteiger partial charge in [-0.1, -0.05) is 32.1 Å². The third kappa shape index (κ3) is 14.8. The molecule has 0 unspecified atom stereocenters. The smallest absolute Gasteiger partial charge is 0.228 e. The molecule has 3 amide bonds. The van der Waals surface area contributed by atoms with Gasteiger partial charge in [-0.2, -0.15) is 15.0 Å². The molecule has 101 heavy (non-hydrogen) atoms. The van der Waals surface area contributed by atoms with Crippen LogP contribution in [0.4, 0.5) is 48.5 Å². The average molecular weight is 1400 g/mol. The number of hydrogen-bond acceptors (Lipinski definition) is 24. The van der Waals surface area contributed by atoms with Crippen molar-refractivity contribution in [2.75, 3.05) is 160 Å². The van der Waals surface area contributed by atoms with Crippen LogP contribution in [0.3, 0.4) is 0 Å². The van der Waals surface area contributed by atoms with E-state index in [0.29, 0.717) is 156 Å². The SMILES string of the molecule is COc1cc2c(N)nc(N3CCN(C(=O)C[C@@H]4C[C@@H]5CCCC[C@@H]5N4)CC3)nc2c(F)c1OC.COc1cc2c(N)nc(N3CCN(C(=O)C[C@@H]4NC[C@@H]5CCC[C@@H]54)CC3)nc2c(F)c1OC.COc1cc2c(N)nc(N3CCN(C(=O)C[C@H]4C[C@@H]5CCCC[C@@H]5N4)CC3)nc2c(F)c1OC. The second-order valence-corrected chi connectivity index (χ2v) is 28.3. The maximum absolute atomic E-state index is 15.1. The van der Waals surface area contributed by atoms with E-state index < -0.39 is 17.5 Å². The highest BCUT2D eigenvalue weighted by Gasteiger charge is 2.42. The first kappa shape index (κ1) is 70.8. The van der Waals surface area contributed by atoms with Gasteiger partial charge in [0.15, 0.2) is 51.9 Å². The molecular formula is C71H97F3N18O9. The number of benzene rings is 3. The third-order valence-electron chi connectivity index (χ3n) is 22.6. The normalized spacial score (nSPS) is 24.9. The number of halogens is 3. The molecule has 9 aliphatic rings. The number of piperazine rings is 3. The average Bonchev–Trinajstić information content (AvgIpc) is 1.69. The lowest BCUT2D eigenvalue weighted by Gasteiger charge is -2.35. The molecule has 546 valence electrons. The van der Waals surface area contributed by atoms with Gasteiger partial charge in [-0.15, -0.1) is 0 Å². The molecule has 9 atom stereocenters. The van der Waals surface area contributed by atoms with E-state index in [2.05, 4.69) is 45.9 Å². The zero-order valence-electron chi connectivity index (χ0n) is 58.8. The molecule has 9 heterocycles. The number of anilines is 6. The van der Waals surface area contributed by atoms with Gasteiger partial charge in [-0.25, -0.2) is 28.1 Å². The molecule has 9 fully saturated rings. The number of nitrogen functional groups attached to an aromatic ring is 3. The van der Waals surface area contributed by atoms with Crippen molar-refractivity contribution >= 4 is 85.7 Å². The molecule has 30 heteroatoms. The first-order valence-corrected chi connectivity index (χ1v) is 35.9. The predicted octanol–water partition coefficient (Wildman–Crippen LogP) is 6.45. The third-order valence-corrected chi connectivity index (χ3v) is 22.6. The number of ether oxygens (including phenoxy) is 6. The van der Waals surface area contributed by atoms with E-state index in [-0.39, 0.29) is 98.3 Å². The molecule has 0 bridgehead atoms. The summed E-state index contributed by atoms with van der Waals surface area (Å²) in [5, 5.41) is 12.1. The summed E-state index contributed by atoms with van der Waals surface area (Å²) in [6.45, 7) is 7.90. The fourth-order valence-electron chi connectivity index (χ4n) is 17.2. The Balaban J connectivity index is 0.000000135. The zero-order valence-corrected chi connectivity index (χ0v) is 58.8. The largest absolute Gasteiger partial charge is 0.493 e. The number of amides is 3. The quantitative estimate of drug-likeness (QED) is 0.0643. The van der Waals surface area contributed by atoms with Gasteiger partial charge in [0.05, 0.1) is 42.7 Å². The molecule has 3 aromatic carbocycles.